The highest BCUT2D eigenvalue weighted by atomic mass is 35.5. The number of hydrogen-bond acceptors (Lipinski definition) is 2. The first-order valence-corrected chi connectivity index (χ1v) is 8.05. The van der Waals surface area contributed by atoms with Gasteiger partial charge in [0, 0.05) is 5.75 Å². The van der Waals surface area contributed by atoms with Crippen LogP contribution < -0.4 is 0 Å². The molecule has 0 fully saturated rings. The first-order valence-electron chi connectivity index (χ1n) is 6.30. The van der Waals surface area contributed by atoms with Gasteiger partial charge in [-0.15, -0.1) is 12.4 Å². The fraction of sp³-hybridized carbons (Fsp3) is 0.357. The fourth-order valence-electron chi connectivity index (χ4n) is 1.71. The molecule has 0 aliphatic rings. The summed E-state index contributed by atoms with van der Waals surface area (Å²) in [6, 6.07) is 8.75. The van der Waals surface area contributed by atoms with Gasteiger partial charge in [-0.05, 0) is 24.0 Å². The third kappa shape index (κ3) is 5.21. The van der Waals surface area contributed by atoms with Gasteiger partial charge in [-0.2, -0.15) is 0 Å². The molecule has 0 bridgehead atoms. The predicted octanol–water partition coefficient (Wildman–Crippen LogP) is 5.77. The number of benzene rings is 1. The van der Waals surface area contributed by atoms with Gasteiger partial charge < -0.3 is 4.98 Å². The zero-order valence-electron chi connectivity index (χ0n) is 11.2. The normalized spacial score (nSPS) is 10.3. The van der Waals surface area contributed by atoms with Crippen molar-refractivity contribution in [1.82, 2.24) is 9.97 Å². The Morgan fingerprint density at radius 3 is 2.35 bits per heavy atom. The van der Waals surface area contributed by atoms with E-state index in [4.69, 9.17) is 23.2 Å². The van der Waals surface area contributed by atoms with Crippen LogP contribution in [0.2, 0.25) is 10.3 Å². The second-order valence-corrected chi connectivity index (χ2v) is 6.06. The molecule has 1 heterocycles. The van der Waals surface area contributed by atoms with Crippen molar-refractivity contribution in [3.8, 4) is 0 Å². The van der Waals surface area contributed by atoms with Crippen LogP contribution in [0.4, 0.5) is 0 Å². The van der Waals surface area contributed by atoms with Crippen LogP contribution >= 0.6 is 47.4 Å². The van der Waals surface area contributed by atoms with E-state index >= 15 is 0 Å². The maximum atomic E-state index is 5.82. The molecule has 0 spiro atoms. The lowest BCUT2D eigenvalue weighted by Crippen LogP contribution is -1.87. The van der Waals surface area contributed by atoms with Crippen LogP contribution in [0, 0.1) is 0 Å². The van der Waals surface area contributed by atoms with Gasteiger partial charge in [-0.3, -0.25) is 0 Å². The Kier molecular flexibility index (Phi) is 7.82. The third-order valence-corrected chi connectivity index (χ3v) is 4.40. The van der Waals surface area contributed by atoms with Crippen molar-refractivity contribution in [1.29, 1.82) is 0 Å². The SMILES string of the molecule is CCCCc1ccc(CSc2nc(Cl)c(Cl)[nH]2)cc1.Cl. The van der Waals surface area contributed by atoms with Crippen LogP contribution in [-0.2, 0) is 12.2 Å². The van der Waals surface area contributed by atoms with Crippen LogP contribution in [0.15, 0.2) is 29.4 Å². The number of rotatable bonds is 6. The topological polar surface area (TPSA) is 28.7 Å². The zero-order chi connectivity index (χ0) is 13.7. The van der Waals surface area contributed by atoms with E-state index in [1.165, 1.54) is 24.0 Å². The maximum Gasteiger partial charge on any atom is 0.168 e. The molecule has 6 heteroatoms. The minimum absolute atomic E-state index is 0. The van der Waals surface area contributed by atoms with E-state index in [9.17, 15) is 0 Å². The Morgan fingerprint density at radius 2 is 1.80 bits per heavy atom. The Bertz CT molecular complexity index is 506. The first kappa shape index (κ1) is 17.7. The van der Waals surface area contributed by atoms with Crippen LogP contribution in [0.25, 0.3) is 0 Å². The zero-order valence-corrected chi connectivity index (χ0v) is 14.3. The van der Waals surface area contributed by atoms with E-state index in [0.29, 0.717) is 10.3 Å². The molecule has 0 amide bonds. The van der Waals surface area contributed by atoms with Crippen LogP contribution in [0.1, 0.15) is 30.9 Å². The Balaban J connectivity index is 0.00000200. The van der Waals surface area contributed by atoms with Gasteiger partial charge in [0.1, 0.15) is 5.15 Å². The lowest BCUT2D eigenvalue weighted by atomic mass is 10.1. The highest BCUT2D eigenvalue weighted by Gasteiger charge is 2.06. The number of hydrogen-bond donors (Lipinski definition) is 1. The number of nitrogens with zero attached hydrogens (tertiary/aromatic N) is 1. The van der Waals surface area contributed by atoms with Gasteiger partial charge in [-0.1, -0.05) is 72.6 Å². The molecular weight excluding hydrogens is 335 g/mol. The van der Waals surface area contributed by atoms with E-state index in [-0.39, 0.29) is 12.4 Å². The van der Waals surface area contributed by atoms with Gasteiger partial charge in [0.15, 0.2) is 10.3 Å². The lowest BCUT2D eigenvalue weighted by Gasteiger charge is -2.02. The van der Waals surface area contributed by atoms with Crippen molar-refractivity contribution in [2.75, 3.05) is 0 Å². The predicted molar refractivity (Wildman–Crippen MR) is 90.5 cm³/mol. The molecule has 1 aromatic carbocycles. The molecule has 1 N–H and O–H groups in total. The molecular formula is C14H17Cl3N2S. The second kappa shape index (κ2) is 8.83. The number of imidazole rings is 1. The van der Waals surface area contributed by atoms with E-state index in [0.717, 1.165) is 17.3 Å². The average Bonchev–Trinajstić information content (AvgIpc) is 2.74. The highest BCUT2D eigenvalue weighted by molar-refractivity contribution is 7.98. The minimum Gasteiger partial charge on any atom is -0.323 e. The third-order valence-electron chi connectivity index (χ3n) is 2.82. The molecule has 2 rings (SSSR count). The van der Waals surface area contributed by atoms with Crippen molar-refractivity contribution in [3.63, 3.8) is 0 Å². The molecule has 0 saturated heterocycles. The maximum absolute atomic E-state index is 5.82. The Morgan fingerprint density at radius 1 is 1.15 bits per heavy atom. The van der Waals surface area contributed by atoms with Gasteiger partial charge in [0.05, 0.1) is 0 Å². The molecule has 2 aromatic rings. The quantitative estimate of drug-likeness (QED) is 0.669. The van der Waals surface area contributed by atoms with E-state index in [1.807, 2.05) is 0 Å². The summed E-state index contributed by atoms with van der Waals surface area (Å²) in [5.41, 5.74) is 2.67. The Labute approximate surface area is 140 Å². The van der Waals surface area contributed by atoms with Crippen molar-refractivity contribution in [3.05, 3.63) is 45.7 Å². The second-order valence-electron chi connectivity index (χ2n) is 4.36. The van der Waals surface area contributed by atoms with Crippen molar-refractivity contribution >= 4 is 47.4 Å². The van der Waals surface area contributed by atoms with E-state index in [2.05, 4.69) is 41.2 Å². The number of halogens is 3. The van der Waals surface area contributed by atoms with Crippen LogP contribution in [0.3, 0.4) is 0 Å². The smallest absolute Gasteiger partial charge is 0.168 e. The summed E-state index contributed by atoms with van der Waals surface area (Å²) in [4.78, 5) is 7.06. The summed E-state index contributed by atoms with van der Waals surface area (Å²) < 4.78 is 0. The summed E-state index contributed by atoms with van der Waals surface area (Å²) in [7, 11) is 0. The number of aromatic nitrogens is 2. The fourth-order valence-corrected chi connectivity index (χ4v) is 2.91. The highest BCUT2D eigenvalue weighted by Crippen LogP contribution is 2.26. The molecule has 0 saturated carbocycles. The summed E-state index contributed by atoms with van der Waals surface area (Å²) in [5, 5.41) is 1.49. The number of unbranched alkanes of at least 4 members (excludes halogenated alkanes) is 1. The molecule has 0 unspecified atom stereocenters. The molecule has 0 aliphatic heterocycles. The van der Waals surface area contributed by atoms with Crippen LogP contribution in [0.5, 0.6) is 0 Å². The molecule has 0 radical (unpaired) electrons. The average molecular weight is 352 g/mol. The summed E-state index contributed by atoms with van der Waals surface area (Å²) in [5.74, 6) is 0.855. The summed E-state index contributed by atoms with van der Waals surface area (Å²) in [6.45, 7) is 2.21. The first-order chi connectivity index (χ1) is 9.19. The molecule has 0 atom stereocenters. The standard InChI is InChI=1S/C14H16Cl2N2S.ClH/c1-2-3-4-10-5-7-11(8-6-10)9-19-14-17-12(15)13(16)18-14;/h5-8H,2-4,9H2,1H3,(H,17,18);1H. The van der Waals surface area contributed by atoms with Gasteiger partial charge in [0.25, 0.3) is 0 Å². The van der Waals surface area contributed by atoms with E-state index in [1.54, 1.807) is 11.8 Å². The van der Waals surface area contributed by atoms with Crippen LogP contribution in [-0.4, -0.2) is 9.97 Å². The van der Waals surface area contributed by atoms with Gasteiger partial charge >= 0.3 is 0 Å². The molecule has 0 aliphatic carbocycles. The molecule has 1 aromatic heterocycles. The summed E-state index contributed by atoms with van der Waals surface area (Å²) >= 11 is 13.2. The van der Waals surface area contributed by atoms with Crippen molar-refractivity contribution < 1.29 is 0 Å². The number of H-pyrrole nitrogens is 1. The van der Waals surface area contributed by atoms with Crippen molar-refractivity contribution in [2.24, 2.45) is 0 Å². The number of nitrogens with one attached hydrogen (secondary N) is 1. The Hall–Kier alpha value is -0.350. The molecule has 2 nitrogen and oxygen atoms in total. The molecule has 20 heavy (non-hydrogen) atoms. The summed E-state index contributed by atoms with van der Waals surface area (Å²) in [6.07, 6.45) is 3.64. The number of aromatic amines is 1. The number of aryl methyl sites for hydroxylation is 1. The lowest BCUT2D eigenvalue weighted by molar-refractivity contribution is 0.795. The van der Waals surface area contributed by atoms with E-state index < -0.39 is 0 Å². The van der Waals surface area contributed by atoms with Gasteiger partial charge in [-0.25, -0.2) is 4.98 Å². The van der Waals surface area contributed by atoms with Gasteiger partial charge in [0.2, 0.25) is 0 Å². The minimum atomic E-state index is 0. The largest absolute Gasteiger partial charge is 0.323 e. The molecule has 110 valence electrons. The monoisotopic (exact) mass is 350 g/mol. The number of thioether (sulfide) groups is 1. The van der Waals surface area contributed by atoms with Crippen molar-refractivity contribution in [2.45, 2.75) is 37.1 Å².